The molecule has 3 rings (SSSR count). The summed E-state index contributed by atoms with van der Waals surface area (Å²) in [4.78, 5) is 27.2. The molecule has 22 heavy (non-hydrogen) atoms. The Balaban J connectivity index is 2.55. The van der Waals surface area contributed by atoms with Crippen molar-refractivity contribution in [3.63, 3.8) is 0 Å². The summed E-state index contributed by atoms with van der Waals surface area (Å²) in [6.07, 6.45) is 0.00311. The zero-order valence-electron chi connectivity index (χ0n) is 11.2. The van der Waals surface area contributed by atoms with Gasteiger partial charge in [-0.1, -0.05) is 11.6 Å². The molecule has 6 nitrogen and oxygen atoms in total. The van der Waals surface area contributed by atoms with Gasteiger partial charge in [-0.25, -0.2) is 14.2 Å². The van der Waals surface area contributed by atoms with E-state index in [0.29, 0.717) is 16.3 Å². The number of carboxylic acid groups (broad SMARTS) is 1. The van der Waals surface area contributed by atoms with Crippen molar-refractivity contribution in [3.8, 4) is 0 Å². The topological polar surface area (TPSA) is 84.2 Å². The lowest BCUT2D eigenvalue weighted by atomic mass is 10.1. The first kappa shape index (κ1) is 14.3. The number of nitrogens with zero attached hydrogens (tertiary/aromatic N) is 2. The third-order valence-electron chi connectivity index (χ3n) is 3.38. The van der Waals surface area contributed by atoms with Crippen LogP contribution in [0.3, 0.4) is 0 Å². The monoisotopic (exact) mass is 321 g/mol. The first-order chi connectivity index (χ1) is 10.4. The van der Waals surface area contributed by atoms with E-state index in [0.717, 1.165) is 0 Å². The van der Waals surface area contributed by atoms with Gasteiger partial charge in [0.15, 0.2) is 0 Å². The normalized spacial score (nSPS) is 11.0. The fourth-order valence-electron chi connectivity index (χ4n) is 2.41. The zero-order valence-corrected chi connectivity index (χ0v) is 12.0. The number of nitrogens with one attached hydrogen (secondary N) is 1. The quantitative estimate of drug-likeness (QED) is 0.675. The molecule has 0 aliphatic carbocycles. The first-order valence-corrected chi connectivity index (χ1v) is 6.54. The second kappa shape index (κ2) is 4.96. The molecule has 1 aromatic carbocycles. The predicted octanol–water partition coefficient (Wildman–Crippen LogP) is 2.97. The van der Waals surface area contributed by atoms with E-state index in [1.165, 1.54) is 36.0 Å². The minimum Gasteiger partial charge on any atom is -0.465 e. The summed E-state index contributed by atoms with van der Waals surface area (Å²) < 4.78 is 15.1. The summed E-state index contributed by atoms with van der Waals surface area (Å²) in [7, 11) is 1.50. The number of halogens is 2. The average Bonchev–Trinajstić information content (AvgIpc) is 2.46. The summed E-state index contributed by atoms with van der Waals surface area (Å²) in [5.41, 5.74) is -0.0154. The van der Waals surface area contributed by atoms with Crippen molar-refractivity contribution < 1.29 is 14.3 Å². The third kappa shape index (κ3) is 2.06. The Morgan fingerprint density at radius 2 is 2.14 bits per heavy atom. The van der Waals surface area contributed by atoms with Gasteiger partial charge in [0.1, 0.15) is 11.6 Å². The number of pyridine rings is 2. The van der Waals surface area contributed by atoms with Crippen LogP contribution in [0.15, 0.2) is 29.2 Å². The zero-order chi connectivity index (χ0) is 16.0. The molecule has 3 aromatic rings. The molecule has 0 bridgehead atoms. The average molecular weight is 322 g/mol. The summed E-state index contributed by atoms with van der Waals surface area (Å²) in [6, 6.07) is 4.10. The number of anilines is 1. The van der Waals surface area contributed by atoms with Crippen LogP contribution < -0.4 is 10.9 Å². The minimum atomic E-state index is -1.34. The van der Waals surface area contributed by atoms with E-state index in [1.54, 1.807) is 0 Å². The van der Waals surface area contributed by atoms with Gasteiger partial charge in [-0.05, 0) is 18.2 Å². The fraction of sp³-hybridized carbons (Fsp3) is 0.0714. The number of fused-ring (bicyclic) bond motifs is 3. The SMILES string of the molecule is Cn1c(=O)c2c(NC(=O)O)nccc2c2cc(F)c(Cl)cc21. The number of hydrogen-bond donors (Lipinski definition) is 2. The van der Waals surface area contributed by atoms with Crippen LogP contribution in [0.1, 0.15) is 0 Å². The second-order valence-electron chi connectivity index (χ2n) is 4.66. The third-order valence-corrected chi connectivity index (χ3v) is 3.67. The molecule has 0 fully saturated rings. The first-order valence-electron chi connectivity index (χ1n) is 6.16. The van der Waals surface area contributed by atoms with Gasteiger partial charge in [0.05, 0.1) is 15.9 Å². The van der Waals surface area contributed by atoms with Gasteiger partial charge in [0.2, 0.25) is 0 Å². The van der Waals surface area contributed by atoms with Crippen LogP contribution in [0.2, 0.25) is 5.02 Å². The number of aromatic nitrogens is 2. The van der Waals surface area contributed by atoms with E-state index in [-0.39, 0.29) is 16.2 Å². The molecule has 2 heterocycles. The highest BCUT2D eigenvalue weighted by molar-refractivity contribution is 6.31. The summed E-state index contributed by atoms with van der Waals surface area (Å²) in [5, 5.41) is 11.7. The number of aryl methyl sites for hydroxylation is 1. The van der Waals surface area contributed by atoms with Crippen LogP contribution >= 0.6 is 11.6 Å². The maximum atomic E-state index is 13.8. The Hall–Kier alpha value is -2.67. The van der Waals surface area contributed by atoms with Crippen molar-refractivity contribution in [2.75, 3.05) is 5.32 Å². The molecule has 0 aliphatic rings. The van der Waals surface area contributed by atoms with Crippen molar-refractivity contribution in [2.45, 2.75) is 0 Å². The molecule has 8 heteroatoms. The molecule has 0 unspecified atom stereocenters. The number of carbonyl (C=O) groups is 1. The van der Waals surface area contributed by atoms with Crippen LogP contribution in [-0.2, 0) is 7.05 Å². The summed E-state index contributed by atoms with van der Waals surface area (Å²) in [5.74, 6) is -0.721. The van der Waals surface area contributed by atoms with Gasteiger partial charge in [0.25, 0.3) is 5.56 Å². The highest BCUT2D eigenvalue weighted by atomic mass is 35.5. The molecular formula is C14H9ClFN3O3. The van der Waals surface area contributed by atoms with Gasteiger partial charge in [-0.2, -0.15) is 0 Å². The van der Waals surface area contributed by atoms with Crippen molar-refractivity contribution in [1.82, 2.24) is 9.55 Å². The maximum Gasteiger partial charge on any atom is 0.410 e. The molecule has 2 N–H and O–H groups in total. The summed E-state index contributed by atoms with van der Waals surface area (Å²) in [6.45, 7) is 0. The highest BCUT2D eigenvalue weighted by Crippen LogP contribution is 2.29. The van der Waals surface area contributed by atoms with Crippen molar-refractivity contribution in [3.05, 3.63) is 45.6 Å². The Kier molecular flexibility index (Phi) is 3.22. The largest absolute Gasteiger partial charge is 0.465 e. The molecular weight excluding hydrogens is 313 g/mol. The van der Waals surface area contributed by atoms with Crippen molar-refractivity contribution in [2.24, 2.45) is 7.05 Å². The second-order valence-corrected chi connectivity index (χ2v) is 5.07. The molecule has 0 saturated heterocycles. The molecule has 0 spiro atoms. The van der Waals surface area contributed by atoms with E-state index in [2.05, 4.69) is 10.3 Å². The van der Waals surface area contributed by atoms with E-state index >= 15 is 0 Å². The summed E-state index contributed by atoms with van der Waals surface area (Å²) >= 11 is 5.77. The molecule has 2 aromatic heterocycles. The lowest BCUT2D eigenvalue weighted by molar-refractivity contribution is 0.209. The van der Waals surface area contributed by atoms with Crippen molar-refractivity contribution >= 4 is 45.2 Å². The molecule has 112 valence electrons. The van der Waals surface area contributed by atoms with Gasteiger partial charge in [-0.15, -0.1) is 0 Å². The molecule has 0 radical (unpaired) electrons. The van der Waals surface area contributed by atoms with Crippen LogP contribution in [0.5, 0.6) is 0 Å². The molecule has 0 saturated carbocycles. The van der Waals surface area contributed by atoms with E-state index < -0.39 is 17.5 Å². The van der Waals surface area contributed by atoms with Crippen LogP contribution in [-0.4, -0.2) is 20.8 Å². The van der Waals surface area contributed by atoms with E-state index in [4.69, 9.17) is 16.7 Å². The number of rotatable bonds is 1. The van der Waals surface area contributed by atoms with Gasteiger partial charge < -0.3 is 9.67 Å². The van der Waals surface area contributed by atoms with Crippen molar-refractivity contribution in [1.29, 1.82) is 0 Å². The smallest absolute Gasteiger partial charge is 0.410 e. The Bertz CT molecular complexity index is 1000. The Morgan fingerprint density at radius 3 is 2.82 bits per heavy atom. The predicted molar refractivity (Wildman–Crippen MR) is 81.1 cm³/mol. The van der Waals surface area contributed by atoms with Crippen LogP contribution in [0.25, 0.3) is 21.7 Å². The molecule has 0 atom stereocenters. The van der Waals surface area contributed by atoms with Gasteiger partial charge in [0, 0.05) is 24.0 Å². The lowest BCUT2D eigenvalue weighted by Crippen LogP contribution is -2.20. The van der Waals surface area contributed by atoms with E-state index in [1.807, 2.05) is 0 Å². The number of hydrogen-bond acceptors (Lipinski definition) is 3. The highest BCUT2D eigenvalue weighted by Gasteiger charge is 2.16. The van der Waals surface area contributed by atoms with Gasteiger partial charge >= 0.3 is 6.09 Å². The number of amides is 1. The van der Waals surface area contributed by atoms with Crippen LogP contribution in [0, 0.1) is 5.82 Å². The maximum absolute atomic E-state index is 13.8. The minimum absolute atomic E-state index is 0.0709. The Labute approximate surface area is 127 Å². The number of benzene rings is 1. The fourth-order valence-corrected chi connectivity index (χ4v) is 2.56. The standard InChI is InChI=1S/C14H9ClFN3O3/c1-19-10-5-8(15)9(16)4-7(10)6-2-3-17-12(18-14(21)22)11(6)13(19)20/h2-5H,1H3,(H,17,18)(H,21,22). The molecule has 0 aliphatic heterocycles. The Morgan fingerprint density at radius 1 is 1.41 bits per heavy atom. The van der Waals surface area contributed by atoms with Gasteiger partial charge in [-0.3, -0.25) is 10.1 Å². The van der Waals surface area contributed by atoms with E-state index in [9.17, 15) is 14.0 Å². The molecule has 1 amide bonds. The lowest BCUT2D eigenvalue weighted by Gasteiger charge is -2.12. The van der Waals surface area contributed by atoms with Crippen LogP contribution in [0.4, 0.5) is 15.0 Å².